The lowest BCUT2D eigenvalue weighted by atomic mass is 9.93. The topological polar surface area (TPSA) is 61.8 Å². The third-order valence-electron chi connectivity index (χ3n) is 4.65. The fourth-order valence-corrected chi connectivity index (χ4v) is 2.93. The summed E-state index contributed by atoms with van der Waals surface area (Å²) in [4.78, 5) is 31.0. The van der Waals surface area contributed by atoms with Crippen molar-refractivity contribution in [2.24, 2.45) is 4.99 Å². The Bertz CT molecular complexity index is 629. The van der Waals surface area contributed by atoms with Gasteiger partial charge in [0.25, 0.3) is 11.8 Å². The predicted octanol–water partition coefficient (Wildman–Crippen LogP) is 2.60. The Kier molecular flexibility index (Phi) is 5.19. The first-order valence-corrected chi connectivity index (χ1v) is 8.32. The SMILES string of the molecule is CCN(CC)C(=O)c1ccccc1C1=NC(=O)C(CC)(CC)N1. The minimum Gasteiger partial charge on any atom is -0.355 e. The number of amides is 2. The summed E-state index contributed by atoms with van der Waals surface area (Å²) in [5.74, 6) is 0.324. The average Bonchev–Trinajstić information content (AvgIpc) is 2.93. The Morgan fingerprint density at radius 3 is 2.26 bits per heavy atom. The molecule has 1 N–H and O–H groups in total. The molecule has 0 bridgehead atoms. The van der Waals surface area contributed by atoms with Gasteiger partial charge in [0.15, 0.2) is 0 Å². The number of carbonyl (C=O) groups excluding carboxylic acids is 2. The Morgan fingerprint density at radius 1 is 1.13 bits per heavy atom. The lowest BCUT2D eigenvalue weighted by Gasteiger charge is -2.25. The van der Waals surface area contributed by atoms with E-state index in [-0.39, 0.29) is 11.8 Å². The van der Waals surface area contributed by atoms with Crippen molar-refractivity contribution >= 4 is 17.6 Å². The Balaban J connectivity index is 2.41. The van der Waals surface area contributed by atoms with Gasteiger partial charge in [-0.05, 0) is 32.8 Å². The molecule has 1 aliphatic rings. The van der Waals surface area contributed by atoms with Crippen molar-refractivity contribution in [1.29, 1.82) is 0 Å². The van der Waals surface area contributed by atoms with Gasteiger partial charge in [0.2, 0.25) is 0 Å². The zero-order valence-corrected chi connectivity index (χ0v) is 14.3. The largest absolute Gasteiger partial charge is 0.355 e. The number of rotatable bonds is 6. The maximum atomic E-state index is 12.7. The lowest BCUT2D eigenvalue weighted by molar-refractivity contribution is -0.122. The van der Waals surface area contributed by atoms with Gasteiger partial charge >= 0.3 is 0 Å². The van der Waals surface area contributed by atoms with Gasteiger partial charge in [-0.3, -0.25) is 9.59 Å². The van der Waals surface area contributed by atoms with Crippen LogP contribution >= 0.6 is 0 Å². The molecule has 0 unspecified atom stereocenters. The summed E-state index contributed by atoms with van der Waals surface area (Å²) in [6.07, 6.45) is 1.34. The average molecular weight is 315 g/mol. The number of benzene rings is 1. The van der Waals surface area contributed by atoms with Crippen molar-refractivity contribution in [1.82, 2.24) is 10.2 Å². The molecule has 0 saturated carbocycles. The number of nitrogens with one attached hydrogen (secondary N) is 1. The van der Waals surface area contributed by atoms with E-state index >= 15 is 0 Å². The second kappa shape index (κ2) is 6.94. The van der Waals surface area contributed by atoms with Crippen molar-refractivity contribution in [3.8, 4) is 0 Å². The van der Waals surface area contributed by atoms with Gasteiger partial charge in [-0.2, -0.15) is 4.99 Å². The van der Waals surface area contributed by atoms with Crippen molar-refractivity contribution < 1.29 is 9.59 Å². The quantitative estimate of drug-likeness (QED) is 0.878. The predicted molar refractivity (Wildman–Crippen MR) is 91.7 cm³/mol. The second-order valence-corrected chi connectivity index (χ2v) is 5.70. The molecule has 124 valence electrons. The molecular weight excluding hydrogens is 290 g/mol. The highest BCUT2D eigenvalue weighted by atomic mass is 16.2. The molecule has 0 aliphatic carbocycles. The van der Waals surface area contributed by atoms with Gasteiger partial charge in [0.1, 0.15) is 11.4 Å². The summed E-state index contributed by atoms with van der Waals surface area (Å²) in [6, 6.07) is 7.34. The standard InChI is InChI=1S/C18H25N3O2/c1-5-18(6-2)17(23)19-15(20-18)13-11-9-10-12-14(13)16(22)21(7-3)8-4/h9-12H,5-8H2,1-4H3,(H,19,20,23). The van der Waals surface area contributed by atoms with Crippen LogP contribution in [0.3, 0.4) is 0 Å². The Labute approximate surface area is 137 Å². The van der Waals surface area contributed by atoms with E-state index in [2.05, 4.69) is 10.3 Å². The van der Waals surface area contributed by atoms with E-state index in [1.54, 1.807) is 11.0 Å². The summed E-state index contributed by atoms with van der Waals surface area (Å²) in [5, 5.41) is 3.27. The van der Waals surface area contributed by atoms with Crippen molar-refractivity contribution in [2.45, 2.75) is 46.1 Å². The lowest BCUT2D eigenvalue weighted by Crippen LogP contribution is -2.47. The smallest absolute Gasteiger partial charge is 0.273 e. The highest BCUT2D eigenvalue weighted by Gasteiger charge is 2.41. The van der Waals surface area contributed by atoms with Gasteiger partial charge < -0.3 is 10.2 Å². The first-order valence-electron chi connectivity index (χ1n) is 8.32. The van der Waals surface area contributed by atoms with Crippen molar-refractivity contribution in [2.75, 3.05) is 13.1 Å². The van der Waals surface area contributed by atoms with Crippen LogP contribution < -0.4 is 5.32 Å². The van der Waals surface area contributed by atoms with Crippen molar-refractivity contribution in [3.63, 3.8) is 0 Å². The normalized spacial score (nSPS) is 16.0. The molecule has 23 heavy (non-hydrogen) atoms. The summed E-state index contributed by atoms with van der Waals surface area (Å²) in [6.45, 7) is 9.16. The van der Waals surface area contributed by atoms with Crippen LogP contribution in [-0.4, -0.2) is 41.2 Å². The zero-order chi connectivity index (χ0) is 17.0. The van der Waals surface area contributed by atoms with Gasteiger partial charge in [-0.15, -0.1) is 0 Å². The zero-order valence-electron chi connectivity index (χ0n) is 14.3. The molecule has 5 nitrogen and oxygen atoms in total. The highest BCUT2D eigenvalue weighted by Crippen LogP contribution is 2.25. The number of amidine groups is 1. The van der Waals surface area contributed by atoms with Gasteiger partial charge in [-0.1, -0.05) is 32.0 Å². The van der Waals surface area contributed by atoms with E-state index in [1.165, 1.54) is 0 Å². The summed E-state index contributed by atoms with van der Waals surface area (Å²) in [5.41, 5.74) is 0.639. The molecule has 0 aromatic heterocycles. The van der Waals surface area contributed by atoms with E-state index in [1.807, 2.05) is 45.9 Å². The summed E-state index contributed by atoms with van der Waals surface area (Å²) in [7, 11) is 0. The van der Waals surface area contributed by atoms with Crippen LogP contribution in [-0.2, 0) is 4.79 Å². The third kappa shape index (κ3) is 3.00. The molecule has 0 saturated heterocycles. The van der Waals surface area contributed by atoms with E-state index in [0.29, 0.717) is 42.9 Å². The molecule has 2 amide bonds. The highest BCUT2D eigenvalue weighted by molar-refractivity contribution is 6.17. The molecule has 5 heteroatoms. The first-order chi connectivity index (χ1) is 11.0. The molecule has 1 aliphatic heterocycles. The summed E-state index contributed by atoms with van der Waals surface area (Å²) >= 11 is 0. The van der Waals surface area contributed by atoms with Crippen molar-refractivity contribution in [3.05, 3.63) is 35.4 Å². The molecular formula is C18H25N3O2. The number of aliphatic imine (C=N–C) groups is 1. The fourth-order valence-electron chi connectivity index (χ4n) is 2.93. The van der Waals surface area contributed by atoms with Crippen LogP contribution in [0.5, 0.6) is 0 Å². The van der Waals surface area contributed by atoms with E-state index in [9.17, 15) is 9.59 Å². The van der Waals surface area contributed by atoms with E-state index in [0.717, 1.165) is 0 Å². The summed E-state index contributed by atoms with van der Waals surface area (Å²) < 4.78 is 0. The fraction of sp³-hybridized carbons (Fsp3) is 0.500. The molecule has 1 aromatic carbocycles. The first kappa shape index (κ1) is 17.2. The molecule has 0 spiro atoms. The maximum absolute atomic E-state index is 12.7. The second-order valence-electron chi connectivity index (χ2n) is 5.70. The van der Waals surface area contributed by atoms with Gasteiger partial charge in [0.05, 0.1) is 5.56 Å². The Hall–Kier alpha value is -2.17. The number of nitrogens with zero attached hydrogens (tertiary/aromatic N) is 2. The molecule has 1 aromatic rings. The van der Waals surface area contributed by atoms with Crippen LogP contribution in [0.1, 0.15) is 56.5 Å². The monoisotopic (exact) mass is 315 g/mol. The van der Waals surface area contributed by atoms with Crippen LogP contribution in [0, 0.1) is 0 Å². The van der Waals surface area contributed by atoms with E-state index in [4.69, 9.17) is 0 Å². The van der Waals surface area contributed by atoms with Crippen LogP contribution in [0.15, 0.2) is 29.3 Å². The van der Waals surface area contributed by atoms with Crippen LogP contribution in [0.4, 0.5) is 0 Å². The third-order valence-corrected chi connectivity index (χ3v) is 4.65. The molecule has 0 fully saturated rings. The number of hydrogen-bond donors (Lipinski definition) is 1. The number of hydrogen-bond acceptors (Lipinski definition) is 3. The molecule has 2 rings (SSSR count). The van der Waals surface area contributed by atoms with Crippen LogP contribution in [0.2, 0.25) is 0 Å². The molecule has 0 radical (unpaired) electrons. The molecule has 0 atom stereocenters. The Morgan fingerprint density at radius 2 is 1.74 bits per heavy atom. The molecule has 1 heterocycles. The minimum absolute atomic E-state index is 0.0342. The van der Waals surface area contributed by atoms with Crippen LogP contribution in [0.25, 0.3) is 0 Å². The number of carbonyl (C=O) groups is 2. The van der Waals surface area contributed by atoms with Gasteiger partial charge in [0, 0.05) is 18.7 Å². The maximum Gasteiger partial charge on any atom is 0.273 e. The van der Waals surface area contributed by atoms with Gasteiger partial charge in [-0.25, -0.2) is 0 Å². The minimum atomic E-state index is -0.638. The van der Waals surface area contributed by atoms with E-state index < -0.39 is 5.54 Å².